The van der Waals surface area contributed by atoms with Gasteiger partial charge in [-0.1, -0.05) is 23.5 Å². The number of fused-ring (bicyclic) bond motifs is 1. The first kappa shape index (κ1) is 20.5. The summed E-state index contributed by atoms with van der Waals surface area (Å²) in [6.45, 7) is 1.52. The van der Waals surface area contributed by atoms with Gasteiger partial charge < -0.3 is 15.5 Å². The molecule has 1 saturated heterocycles. The summed E-state index contributed by atoms with van der Waals surface area (Å²) in [6, 6.07) is 9.79. The Morgan fingerprint density at radius 1 is 1.16 bits per heavy atom. The van der Waals surface area contributed by atoms with Crippen LogP contribution in [0.2, 0.25) is 0 Å². The molecule has 0 saturated carbocycles. The summed E-state index contributed by atoms with van der Waals surface area (Å²) < 4.78 is 0. The van der Waals surface area contributed by atoms with Crippen LogP contribution >= 0.6 is 11.3 Å². The van der Waals surface area contributed by atoms with Gasteiger partial charge >= 0.3 is 0 Å². The van der Waals surface area contributed by atoms with Gasteiger partial charge in [-0.3, -0.25) is 4.79 Å². The van der Waals surface area contributed by atoms with Crippen LogP contribution in [0.5, 0.6) is 0 Å². The summed E-state index contributed by atoms with van der Waals surface area (Å²) in [6.07, 6.45) is 5.44. The lowest BCUT2D eigenvalue weighted by Crippen LogP contribution is -2.56. The maximum Gasteiger partial charge on any atom is 0.185 e. The van der Waals surface area contributed by atoms with E-state index in [0.717, 1.165) is 45.4 Å². The number of nitrogens with two attached hydrogens (primary N) is 1. The Labute approximate surface area is 189 Å². The van der Waals surface area contributed by atoms with E-state index < -0.39 is 0 Å². The van der Waals surface area contributed by atoms with Gasteiger partial charge in [0.2, 0.25) is 0 Å². The van der Waals surface area contributed by atoms with Crippen molar-refractivity contribution in [3.8, 4) is 10.4 Å². The summed E-state index contributed by atoms with van der Waals surface area (Å²) >= 11 is 1.62. The lowest BCUT2D eigenvalue weighted by molar-refractivity contribution is 0.0991. The number of carbonyl (C=O) groups excluding carboxylic acids is 1. The molecule has 0 aliphatic carbocycles. The van der Waals surface area contributed by atoms with E-state index in [2.05, 4.69) is 24.8 Å². The molecule has 0 spiro atoms. The quantitative estimate of drug-likeness (QED) is 0.452. The van der Waals surface area contributed by atoms with E-state index in [-0.39, 0.29) is 18.2 Å². The first-order valence-corrected chi connectivity index (χ1v) is 11.2. The maximum absolute atomic E-state index is 12.9. The number of rotatable bonds is 6. The largest absolute Gasteiger partial charge is 0.354 e. The summed E-state index contributed by atoms with van der Waals surface area (Å²) in [5, 5.41) is 1.88. The van der Waals surface area contributed by atoms with Crippen LogP contribution in [0.15, 0.2) is 48.9 Å². The molecule has 1 aliphatic rings. The number of benzene rings is 1. The number of Topliss-reactive ketones (excluding diaryl/α,β-unsaturated/α-hetero) is 1. The van der Waals surface area contributed by atoms with Crippen LogP contribution in [0.4, 0.5) is 10.9 Å². The molecule has 1 aliphatic heterocycles. The van der Waals surface area contributed by atoms with Crippen molar-refractivity contribution in [2.24, 2.45) is 5.73 Å². The average molecular weight is 446 g/mol. The second kappa shape index (κ2) is 8.25. The number of hydrogen-bond donors (Lipinski definition) is 1. The zero-order chi connectivity index (χ0) is 22.2. The minimum absolute atomic E-state index is 0.0351. The van der Waals surface area contributed by atoms with Crippen molar-refractivity contribution in [3.05, 3.63) is 60.3 Å². The van der Waals surface area contributed by atoms with Crippen LogP contribution in [0.1, 0.15) is 16.2 Å². The van der Waals surface area contributed by atoms with E-state index in [1.54, 1.807) is 29.8 Å². The monoisotopic (exact) mass is 445 g/mol. The number of ketones is 1. The Hall–Kier alpha value is -3.43. The van der Waals surface area contributed by atoms with Gasteiger partial charge in [-0.2, -0.15) is 0 Å². The SMILES string of the molecule is CN(C)c1ncc(-c2ccc3cnc(CC(=O)c4ccnc(N5CC(N)C5)c4)nc3c2)s1. The molecule has 1 fully saturated rings. The molecule has 9 heteroatoms. The van der Waals surface area contributed by atoms with Gasteiger partial charge in [-0.05, 0) is 23.8 Å². The van der Waals surface area contributed by atoms with Crippen LogP contribution in [-0.4, -0.2) is 58.9 Å². The Kier molecular flexibility index (Phi) is 5.28. The molecule has 5 rings (SSSR count). The van der Waals surface area contributed by atoms with Crippen LogP contribution < -0.4 is 15.5 Å². The molecule has 162 valence electrons. The zero-order valence-electron chi connectivity index (χ0n) is 17.9. The molecule has 0 atom stereocenters. The second-order valence-electron chi connectivity index (χ2n) is 8.13. The summed E-state index contributed by atoms with van der Waals surface area (Å²) in [7, 11) is 3.95. The molecule has 8 nitrogen and oxygen atoms in total. The van der Waals surface area contributed by atoms with E-state index >= 15 is 0 Å². The summed E-state index contributed by atoms with van der Waals surface area (Å²) in [5.74, 6) is 1.25. The van der Waals surface area contributed by atoms with Gasteiger partial charge in [0.15, 0.2) is 10.9 Å². The highest BCUT2D eigenvalue weighted by molar-refractivity contribution is 7.18. The van der Waals surface area contributed by atoms with Crippen molar-refractivity contribution in [3.63, 3.8) is 0 Å². The fourth-order valence-corrected chi connectivity index (χ4v) is 4.45. The molecule has 0 unspecified atom stereocenters. The summed E-state index contributed by atoms with van der Waals surface area (Å²) in [5.41, 5.74) is 8.32. The Morgan fingerprint density at radius 2 is 2.00 bits per heavy atom. The third-order valence-corrected chi connectivity index (χ3v) is 6.63. The normalized spacial score (nSPS) is 13.9. The molecule has 1 aromatic carbocycles. The van der Waals surface area contributed by atoms with Crippen molar-refractivity contribution in [1.29, 1.82) is 0 Å². The van der Waals surface area contributed by atoms with E-state index in [0.29, 0.717) is 11.4 Å². The molecule has 4 aromatic rings. The van der Waals surface area contributed by atoms with E-state index in [1.807, 2.05) is 49.5 Å². The van der Waals surface area contributed by atoms with E-state index in [1.165, 1.54) is 0 Å². The highest BCUT2D eigenvalue weighted by atomic mass is 32.1. The zero-order valence-corrected chi connectivity index (χ0v) is 18.7. The number of anilines is 2. The molecule has 2 N–H and O–H groups in total. The van der Waals surface area contributed by atoms with Gasteiger partial charge in [-0.25, -0.2) is 19.9 Å². The topological polar surface area (TPSA) is 101 Å². The Morgan fingerprint density at radius 3 is 2.75 bits per heavy atom. The molecular weight excluding hydrogens is 422 g/mol. The number of pyridine rings is 1. The smallest absolute Gasteiger partial charge is 0.185 e. The lowest BCUT2D eigenvalue weighted by Gasteiger charge is -2.37. The van der Waals surface area contributed by atoms with E-state index in [4.69, 9.17) is 5.73 Å². The van der Waals surface area contributed by atoms with E-state index in [9.17, 15) is 4.79 Å². The maximum atomic E-state index is 12.9. The number of thiazole rings is 1. The standard InChI is InChI=1S/C23H23N7OS/c1-29(2)23-27-11-20(32-23)15-3-4-16-10-26-21(28-18(16)7-15)9-19(31)14-5-6-25-22(8-14)30-12-17(24)13-30/h3-8,10-11,17H,9,12-13,24H2,1-2H3. The minimum Gasteiger partial charge on any atom is -0.354 e. The summed E-state index contributed by atoms with van der Waals surface area (Å²) in [4.78, 5) is 35.9. The third kappa shape index (κ3) is 4.04. The Balaban J connectivity index is 1.37. The predicted molar refractivity (Wildman–Crippen MR) is 127 cm³/mol. The average Bonchev–Trinajstić information content (AvgIpc) is 3.27. The highest BCUT2D eigenvalue weighted by Gasteiger charge is 2.24. The third-order valence-electron chi connectivity index (χ3n) is 5.41. The van der Waals surface area contributed by atoms with Gasteiger partial charge in [-0.15, -0.1) is 0 Å². The van der Waals surface area contributed by atoms with Gasteiger partial charge in [0.05, 0.1) is 16.8 Å². The Bertz CT molecular complexity index is 1300. The first-order valence-electron chi connectivity index (χ1n) is 10.4. The number of nitrogens with zero attached hydrogens (tertiary/aromatic N) is 6. The van der Waals surface area contributed by atoms with Crippen LogP contribution in [0.25, 0.3) is 21.3 Å². The highest BCUT2D eigenvalue weighted by Crippen LogP contribution is 2.31. The second-order valence-corrected chi connectivity index (χ2v) is 9.14. The predicted octanol–water partition coefficient (Wildman–Crippen LogP) is 2.79. The molecule has 0 bridgehead atoms. The van der Waals surface area contributed by atoms with Gasteiger partial charge in [0.25, 0.3) is 0 Å². The van der Waals surface area contributed by atoms with Gasteiger partial charge in [0.1, 0.15) is 11.6 Å². The van der Waals surface area contributed by atoms with Crippen molar-refractivity contribution in [1.82, 2.24) is 19.9 Å². The molecule has 0 radical (unpaired) electrons. The first-order chi connectivity index (χ1) is 15.5. The number of carbonyl (C=O) groups is 1. The molecule has 3 aromatic heterocycles. The molecular formula is C23H23N7OS. The van der Waals surface area contributed by atoms with Crippen molar-refractivity contribution < 1.29 is 4.79 Å². The van der Waals surface area contributed by atoms with Crippen molar-refractivity contribution in [2.45, 2.75) is 12.5 Å². The number of hydrogen-bond acceptors (Lipinski definition) is 9. The minimum atomic E-state index is -0.0351. The van der Waals surface area contributed by atoms with Crippen LogP contribution in [0, 0.1) is 0 Å². The lowest BCUT2D eigenvalue weighted by atomic mass is 10.1. The van der Waals surface area contributed by atoms with Crippen molar-refractivity contribution >= 4 is 39.0 Å². The fraction of sp³-hybridized carbons (Fsp3) is 0.261. The molecule has 32 heavy (non-hydrogen) atoms. The van der Waals surface area contributed by atoms with Gasteiger partial charge in [0, 0.05) is 62.8 Å². The fourth-order valence-electron chi connectivity index (χ4n) is 3.62. The van der Waals surface area contributed by atoms with Crippen LogP contribution in [-0.2, 0) is 6.42 Å². The van der Waals surface area contributed by atoms with Crippen molar-refractivity contribution in [2.75, 3.05) is 37.0 Å². The molecule has 4 heterocycles. The number of aromatic nitrogens is 4. The van der Waals surface area contributed by atoms with Crippen LogP contribution in [0.3, 0.4) is 0 Å². The molecule has 0 amide bonds.